The van der Waals surface area contributed by atoms with Crippen LogP contribution >= 0.6 is 0 Å². The Morgan fingerprint density at radius 2 is 2.12 bits per heavy atom. The molecule has 132 valence electrons. The number of fused-ring (bicyclic) bond motifs is 1. The summed E-state index contributed by atoms with van der Waals surface area (Å²) in [6, 6.07) is 6.61. The van der Waals surface area contributed by atoms with Gasteiger partial charge < -0.3 is 4.74 Å². The van der Waals surface area contributed by atoms with Crippen molar-refractivity contribution in [3.8, 4) is 5.75 Å². The van der Waals surface area contributed by atoms with E-state index in [0.29, 0.717) is 23.7 Å². The predicted octanol–water partition coefficient (Wildman–Crippen LogP) is 3.05. The van der Waals surface area contributed by atoms with Crippen LogP contribution in [0.15, 0.2) is 47.8 Å². The van der Waals surface area contributed by atoms with Crippen LogP contribution in [0.4, 0.5) is 5.69 Å². The fourth-order valence-corrected chi connectivity index (χ4v) is 3.62. The van der Waals surface area contributed by atoms with Gasteiger partial charge in [-0.3, -0.25) is 4.72 Å². The maximum absolute atomic E-state index is 12.8. The van der Waals surface area contributed by atoms with Gasteiger partial charge >= 0.3 is 0 Å². The summed E-state index contributed by atoms with van der Waals surface area (Å²) in [5, 5.41) is 4.09. The third kappa shape index (κ3) is 3.43. The maximum atomic E-state index is 12.8. The van der Waals surface area contributed by atoms with Crippen LogP contribution in [0.1, 0.15) is 32.3 Å². The van der Waals surface area contributed by atoms with Gasteiger partial charge in [-0.25, -0.2) is 17.9 Å². The van der Waals surface area contributed by atoms with Gasteiger partial charge in [0.2, 0.25) is 0 Å². The molecule has 0 saturated heterocycles. The van der Waals surface area contributed by atoms with Crippen molar-refractivity contribution < 1.29 is 13.2 Å². The zero-order chi connectivity index (χ0) is 18.0. The van der Waals surface area contributed by atoms with E-state index in [2.05, 4.69) is 14.8 Å². The Bertz CT molecular complexity index is 996. The van der Waals surface area contributed by atoms with E-state index in [1.807, 2.05) is 20.8 Å². The molecule has 3 aromatic rings. The minimum Gasteiger partial charge on any atom is -0.494 e. The molecule has 3 rings (SSSR count). The molecule has 0 saturated carbocycles. The summed E-state index contributed by atoms with van der Waals surface area (Å²) in [7, 11) is -3.76. The molecule has 8 heteroatoms. The summed E-state index contributed by atoms with van der Waals surface area (Å²) >= 11 is 0. The van der Waals surface area contributed by atoms with E-state index in [0.717, 1.165) is 5.56 Å². The first kappa shape index (κ1) is 17.2. The maximum Gasteiger partial charge on any atom is 0.262 e. The number of rotatable bonds is 6. The number of anilines is 1. The summed E-state index contributed by atoms with van der Waals surface area (Å²) in [5.41, 5.74) is 1.63. The van der Waals surface area contributed by atoms with Crippen molar-refractivity contribution in [1.29, 1.82) is 0 Å². The van der Waals surface area contributed by atoms with Gasteiger partial charge in [-0.1, -0.05) is 13.8 Å². The Morgan fingerprint density at radius 1 is 1.32 bits per heavy atom. The average molecular weight is 360 g/mol. The Kier molecular flexibility index (Phi) is 4.63. The fourth-order valence-electron chi connectivity index (χ4n) is 2.53. The molecule has 0 spiro atoms. The molecule has 0 atom stereocenters. The summed E-state index contributed by atoms with van der Waals surface area (Å²) in [4.78, 5) is 4.33. The molecule has 0 bridgehead atoms. The van der Waals surface area contributed by atoms with Gasteiger partial charge in [-0.2, -0.15) is 5.10 Å². The third-order valence-corrected chi connectivity index (χ3v) is 5.10. The smallest absolute Gasteiger partial charge is 0.262 e. The quantitative estimate of drug-likeness (QED) is 0.730. The molecular weight excluding hydrogens is 340 g/mol. The second kappa shape index (κ2) is 6.72. The van der Waals surface area contributed by atoms with Gasteiger partial charge in [0.1, 0.15) is 11.4 Å². The van der Waals surface area contributed by atoms with Crippen LogP contribution in [-0.2, 0) is 10.0 Å². The highest BCUT2D eigenvalue weighted by atomic mass is 32.2. The highest BCUT2D eigenvalue weighted by molar-refractivity contribution is 7.92. The molecule has 0 radical (unpaired) electrons. The first-order chi connectivity index (χ1) is 11.9. The first-order valence-electron chi connectivity index (χ1n) is 8.00. The van der Waals surface area contributed by atoms with Gasteiger partial charge in [0, 0.05) is 12.4 Å². The van der Waals surface area contributed by atoms with Crippen LogP contribution in [0.2, 0.25) is 0 Å². The second-order valence-corrected chi connectivity index (χ2v) is 7.52. The van der Waals surface area contributed by atoms with Gasteiger partial charge in [-0.05, 0) is 42.7 Å². The average Bonchev–Trinajstić information content (AvgIpc) is 2.98. The summed E-state index contributed by atoms with van der Waals surface area (Å²) < 4.78 is 35.2. The minimum atomic E-state index is -3.76. The zero-order valence-electron chi connectivity index (χ0n) is 14.3. The van der Waals surface area contributed by atoms with Crippen molar-refractivity contribution in [2.75, 3.05) is 11.3 Å². The number of ether oxygens (including phenoxy) is 1. The number of nitrogens with zero attached hydrogens (tertiary/aromatic N) is 3. The molecular formula is C17H20N4O3S. The Labute approximate surface area is 146 Å². The normalized spacial score (nSPS) is 11.8. The Morgan fingerprint density at radius 3 is 2.84 bits per heavy atom. The summed E-state index contributed by atoms with van der Waals surface area (Å²) in [5.74, 6) is 0.837. The Hall–Kier alpha value is -2.61. The number of nitrogens with one attached hydrogen (secondary N) is 1. The molecule has 2 heterocycles. The molecule has 0 unspecified atom stereocenters. The van der Waals surface area contributed by atoms with Crippen LogP contribution in [0.25, 0.3) is 5.65 Å². The largest absolute Gasteiger partial charge is 0.494 e. The standard InChI is InChI=1S/C17H20N4O3S/c1-4-24-16-7-6-13(10-14(16)12(2)3)25(22,23)20-15-11-19-21-9-5-8-18-17(15)21/h5-12,20H,4H2,1-3H3. The van der Waals surface area contributed by atoms with Gasteiger partial charge in [0.15, 0.2) is 5.65 Å². The fraction of sp³-hybridized carbons (Fsp3) is 0.294. The van der Waals surface area contributed by atoms with Gasteiger partial charge in [0.05, 0.1) is 17.7 Å². The lowest BCUT2D eigenvalue weighted by Gasteiger charge is -2.15. The van der Waals surface area contributed by atoms with E-state index in [1.54, 1.807) is 36.7 Å². The van der Waals surface area contributed by atoms with Gasteiger partial charge in [0.25, 0.3) is 10.0 Å². The molecule has 0 fully saturated rings. The van der Waals surface area contributed by atoms with Crippen LogP contribution in [0, 0.1) is 0 Å². The second-order valence-electron chi connectivity index (χ2n) is 5.84. The monoisotopic (exact) mass is 360 g/mol. The lowest BCUT2D eigenvalue weighted by molar-refractivity contribution is 0.335. The topological polar surface area (TPSA) is 85.6 Å². The molecule has 1 aromatic carbocycles. The SMILES string of the molecule is CCOc1ccc(S(=O)(=O)Nc2cnn3cccnc23)cc1C(C)C. The van der Waals surface area contributed by atoms with E-state index in [1.165, 1.54) is 10.7 Å². The first-order valence-corrected chi connectivity index (χ1v) is 9.48. The number of sulfonamides is 1. The highest BCUT2D eigenvalue weighted by Crippen LogP contribution is 2.30. The van der Waals surface area contributed by atoms with Crippen LogP contribution in [0.5, 0.6) is 5.75 Å². The van der Waals surface area contributed by atoms with Crippen LogP contribution in [-0.4, -0.2) is 29.6 Å². The predicted molar refractivity (Wildman–Crippen MR) is 95.5 cm³/mol. The van der Waals surface area contributed by atoms with Crippen molar-refractivity contribution in [2.24, 2.45) is 0 Å². The summed E-state index contributed by atoms with van der Waals surface area (Å²) in [6.07, 6.45) is 4.73. The number of hydrogen-bond donors (Lipinski definition) is 1. The molecule has 0 aliphatic rings. The lowest BCUT2D eigenvalue weighted by atomic mass is 10.0. The number of aromatic nitrogens is 3. The van der Waals surface area contributed by atoms with Crippen molar-refractivity contribution in [3.63, 3.8) is 0 Å². The molecule has 0 amide bonds. The van der Waals surface area contributed by atoms with E-state index >= 15 is 0 Å². The highest BCUT2D eigenvalue weighted by Gasteiger charge is 2.20. The van der Waals surface area contributed by atoms with Crippen molar-refractivity contribution in [3.05, 3.63) is 48.4 Å². The van der Waals surface area contributed by atoms with Crippen molar-refractivity contribution >= 4 is 21.4 Å². The molecule has 25 heavy (non-hydrogen) atoms. The third-order valence-electron chi connectivity index (χ3n) is 3.74. The zero-order valence-corrected chi connectivity index (χ0v) is 15.1. The van der Waals surface area contributed by atoms with Crippen molar-refractivity contribution in [1.82, 2.24) is 14.6 Å². The molecule has 0 aliphatic carbocycles. The lowest BCUT2D eigenvalue weighted by Crippen LogP contribution is -2.14. The molecule has 0 aliphatic heterocycles. The number of hydrogen-bond acceptors (Lipinski definition) is 5. The van der Waals surface area contributed by atoms with Gasteiger partial charge in [-0.15, -0.1) is 0 Å². The van der Waals surface area contributed by atoms with Crippen LogP contribution in [0.3, 0.4) is 0 Å². The van der Waals surface area contributed by atoms with E-state index in [4.69, 9.17) is 4.74 Å². The van der Waals surface area contributed by atoms with E-state index in [9.17, 15) is 8.42 Å². The van der Waals surface area contributed by atoms with E-state index < -0.39 is 10.0 Å². The Balaban J connectivity index is 1.98. The molecule has 2 aromatic heterocycles. The molecule has 7 nitrogen and oxygen atoms in total. The molecule has 1 N–H and O–H groups in total. The minimum absolute atomic E-state index is 0.135. The van der Waals surface area contributed by atoms with Crippen LogP contribution < -0.4 is 9.46 Å². The van der Waals surface area contributed by atoms with Crippen molar-refractivity contribution in [2.45, 2.75) is 31.6 Å². The number of benzene rings is 1. The summed E-state index contributed by atoms with van der Waals surface area (Å²) in [6.45, 7) is 6.42. The van der Waals surface area contributed by atoms with E-state index in [-0.39, 0.29) is 10.8 Å².